The highest BCUT2D eigenvalue weighted by molar-refractivity contribution is 5.83. The van der Waals surface area contributed by atoms with Crippen LogP contribution >= 0.6 is 0 Å². The molecule has 8 heteroatoms. The number of amides is 1. The Morgan fingerprint density at radius 1 is 0.878 bits per heavy atom. The Balaban J connectivity index is 1.83. The van der Waals surface area contributed by atoms with Crippen LogP contribution in [0.25, 0.3) is 0 Å². The lowest BCUT2D eigenvalue weighted by atomic mass is 9.91. The molecular formula is C33H42N2O6. The van der Waals surface area contributed by atoms with Crippen molar-refractivity contribution in [2.75, 3.05) is 55.2 Å². The number of fused-ring (bicyclic) bond motifs is 1. The number of hydrogen-bond donors (Lipinski definition) is 1. The van der Waals surface area contributed by atoms with Crippen LogP contribution in [0, 0.1) is 0 Å². The van der Waals surface area contributed by atoms with Crippen LogP contribution in [0.2, 0.25) is 0 Å². The van der Waals surface area contributed by atoms with E-state index >= 15 is 0 Å². The minimum atomic E-state index is -0.483. The summed E-state index contributed by atoms with van der Waals surface area (Å²) < 4.78 is 27.7. The highest BCUT2D eigenvalue weighted by Crippen LogP contribution is 2.42. The number of benzene rings is 3. The van der Waals surface area contributed by atoms with Gasteiger partial charge in [0.15, 0.2) is 23.0 Å². The molecule has 0 saturated heterocycles. The normalized spacial score (nSPS) is 15.8. The zero-order chi connectivity index (χ0) is 29.2. The third kappa shape index (κ3) is 7.13. The number of rotatable bonds is 13. The van der Waals surface area contributed by atoms with E-state index in [0.29, 0.717) is 42.6 Å². The molecule has 2 unspecified atom stereocenters. The largest absolute Gasteiger partial charge is 0.493 e. The van der Waals surface area contributed by atoms with Crippen LogP contribution in [-0.4, -0.2) is 66.1 Å². The van der Waals surface area contributed by atoms with E-state index in [1.54, 1.807) is 35.5 Å². The van der Waals surface area contributed by atoms with E-state index in [1.165, 1.54) is 5.56 Å². The maximum absolute atomic E-state index is 14.0. The fourth-order valence-electron chi connectivity index (χ4n) is 5.67. The first-order chi connectivity index (χ1) is 20.0. The van der Waals surface area contributed by atoms with Gasteiger partial charge in [0.25, 0.3) is 0 Å². The molecule has 1 N–H and O–H groups in total. The number of aryl methyl sites for hydroxylation is 1. The van der Waals surface area contributed by atoms with Crippen molar-refractivity contribution in [1.29, 1.82) is 0 Å². The van der Waals surface area contributed by atoms with Gasteiger partial charge in [0.2, 0.25) is 5.91 Å². The third-order valence-electron chi connectivity index (χ3n) is 7.66. The average molecular weight is 563 g/mol. The highest BCUT2D eigenvalue weighted by atomic mass is 16.5. The molecule has 0 aromatic heterocycles. The van der Waals surface area contributed by atoms with E-state index < -0.39 is 6.04 Å². The van der Waals surface area contributed by atoms with Gasteiger partial charge in [-0.05, 0) is 72.2 Å². The molecule has 0 aliphatic carbocycles. The second kappa shape index (κ2) is 14.8. The Labute approximate surface area is 243 Å². The Bertz CT molecular complexity index is 1280. The Morgan fingerprint density at radius 2 is 1.56 bits per heavy atom. The smallest absolute Gasteiger partial charge is 0.241 e. The zero-order valence-electron chi connectivity index (χ0n) is 24.8. The Hall–Kier alpha value is -3.75. The zero-order valence-corrected chi connectivity index (χ0v) is 24.8. The van der Waals surface area contributed by atoms with Gasteiger partial charge < -0.3 is 29.0 Å². The molecule has 0 spiro atoms. The van der Waals surface area contributed by atoms with Gasteiger partial charge in [0.1, 0.15) is 6.04 Å². The van der Waals surface area contributed by atoms with E-state index in [0.717, 1.165) is 42.5 Å². The first-order valence-corrected chi connectivity index (χ1v) is 14.1. The number of carbonyl (C=O) groups excluding carboxylic acids is 1. The second-order valence-electron chi connectivity index (χ2n) is 10.1. The minimum Gasteiger partial charge on any atom is -0.493 e. The number of hydrogen-bond acceptors (Lipinski definition) is 7. The highest BCUT2D eigenvalue weighted by Gasteiger charge is 2.36. The topological polar surface area (TPSA) is 78.5 Å². The van der Waals surface area contributed by atoms with Crippen LogP contribution in [0.1, 0.15) is 47.2 Å². The third-order valence-corrected chi connectivity index (χ3v) is 7.66. The quantitative estimate of drug-likeness (QED) is 0.289. The molecule has 3 aromatic rings. The van der Waals surface area contributed by atoms with Gasteiger partial charge in [0, 0.05) is 32.8 Å². The molecule has 8 nitrogen and oxygen atoms in total. The van der Waals surface area contributed by atoms with Crippen molar-refractivity contribution in [1.82, 2.24) is 10.2 Å². The van der Waals surface area contributed by atoms with Crippen molar-refractivity contribution in [3.63, 3.8) is 0 Å². The van der Waals surface area contributed by atoms with Gasteiger partial charge >= 0.3 is 0 Å². The predicted molar refractivity (Wildman–Crippen MR) is 159 cm³/mol. The van der Waals surface area contributed by atoms with Crippen LogP contribution in [0.15, 0.2) is 60.7 Å². The number of ether oxygens (including phenoxy) is 5. The molecule has 0 fully saturated rings. The van der Waals surface area contributed by atoms with Gasteiger partial charge in [0.05, 0.1) is 28.4 Å². The molecular weight excluding hydrogens is 520 g/mol. The fourth-order valence-corrected chi connectivity index (χ4v) is 5.67. The number of nitrogens with one attached hydrogen (secondary N) is 1. The second-order valence-corrected chi connectivity index (χ2v) is 10.1. The van der Waals surface area contributed by atoms with Crippen molar-refractivity contribution >= 4 is 5.91 Å². The summed E-state index contributed by atoms with van der Waals surface area (Å²) in [4.78, 5) is 16.3. The van der Waals surface area contributed by atoms with Crippen LogP contribution in [0.4, 0.5) is 0 Å². The minimum absolute atomic E-state index is 0.0199. The van der Waals surface area contributed by atoms with Gasteiger partial charge in [-0.2, -0.15) is 0 Å². The molecule has 0 saturated carbocycles. The number of nitrogens with zero attached hydrogens (tertiary/aromatic N) is 1. The molecule has 41 heavy (non-hydrogen) atoms. The maximum Gasteiger partial charge on any atom is 0.241 e. The molecule has 0 bridgehead atoms. The Kier molecular flexibility index (Phi) is 10.9. The predicted octanol–water partition coefficient (Wildman–Crippen LogP) is 5.15. The van der Waals surface area contributed by atoms with Crippen molar-refractivity contribution in [3.05, 3.63) is 82.9 Å². The monoisotopic (exact) mass is 562 g/mol. The van der Waals surface area contributed by atoms with Crippen LogP contribution < -0.4 is 24.3 Å². The lowest BCUT2D eigenvalue weighted by molar-refractivity contribution is -0.127. The van der Waals surface area contributed by atoms with Crippen molar-refractivity contribution in [3.8, 4) is 23.0 Å². The average Bonchev–Trinajstić information content (AvgIpc) is 3.17. The SMILES string of the molecule is COCCCNC(=O)C(c1ccccc1)N1CCCc2cc(OC)c(OC)cc2C1Cc1ccc(OC)c(OC)c1. The molecule has 3 aromatic carbocycles. The van der Waals surface area contributed by atoms with Gasteiger partial charge in [-0.3, -0.25) is 9.69 Å². The van der Waals surface area contributed by atoms with Gasteiger partial charge in [-0.1, -0.05) is 36.4 Å². The molecule has 1 amide bonds. The summed E-state index contributed by atoms with van der Waals surface area (Å²) in [6.07, 6.45) is 3.17. The summed E-state index contributed by atoms with van der Waals surface area (Å²) in [5.74, 6) is 2.71. The molecule has 1 heterocycles. The van der Waals surface area contributed by atoms with Crippen molar-refractivity contribution < 1.29 is 28.5 Å². The molecule has 220 valence electrons. The molecule has 1 aliphatic rings. The Morgan fingerprint density at radius 3 is 2.24 bits per heavy atom. The van der Waals surface area contributed by atoms with Crippen LogP contribution in [0.5, 0.6) is 23.0 Å². The standard InChI is InChI=1S/C33H42N2O6/c1-37-18-10-16-34-33(36)32(24-11-7-6-8-12-24)35-17-9-13-25-21-30(40-4)31(41-5)22-26(25)27(35)19-23-14-15-28(38-2)29(20-23)39-3/h6-8,11-12,14-15,20-22,27,32H,9-10,13,16-19H2,1-5H3,(H,34,36). The van der Waals surface area contributed by atoms with Gasteiger partial charge in [-0.25, -0.2) is 0 Å². The van der Waals surface area contributed by atoms with E-state index in [4.69, 9.17) is 23.7 Å². The summed E-state index contributed by atoms with van der Waals surface area (Å²) in [6, 6.07) is 19.6. The first kappa shape index (κ1) is 30.2. The lowest BCUT2D eigenvalue weighted by Crippen LogP contribution is -2.43. The van der Waals surface area contributed by atoms with E-state index in [9.17, 15) is 4.79 Å². The summed E-state index contributed by atoms with van der Waals surface area (Å²) in [5.41, 5.74) is 4.36. The molecule has 4 rings (SSSR count). The van der Waals surface area contributed by atoms with E-state index in [-0.39, 0.29) is 11.9 Å². The van der Waals surface area contributed by atoms with E-state index in [1.807, 2.05) is 42.5 Å². The fraction of sp³-hybridized carbons (Fsp3) is 0.424. The number of methoxy groups -OCH3 is 5. The van der Waals surface area contributed by atoms with E-state index in [2.05, 4.69) is 28.4 Å². The molecule has 1 aliphatic heterocycles. The van der Waals surface area contributed by atoms with Crippen LogP contribution in [0.3, 0.4) is 0 Å². The molecule has 0 radical (unpaired) electrons. The first-order valence-electron chi connectivity index (χ1n) is 14.1. The molecule has 2 atom stereocenters. The lowest BCUT2D eigenvalue weighted by Gasteiger charge is -2.37. The summed E-state index contributed by atoms with van der Waals surface area (Å²) in [6.45, 7) is 1.88. The summed E-state index contributed by atoms with van der Waals surface area (Å²) >= 11 is 0. The van der Waals surface area contributed by atoms with Gasteiger partial charge in [-0.15, -0.1) is 0 Å². The van der Waals surface area contributed by atoms with Crippen molar-refractivity contribution in [2.45, 2.75) is 37.8 Å². The summed E-state index contributed by atoms with van der Waals surface area (Å²) in [7, 11) is 8.27. The maximum atomic E-state index is 14.0. The van der Waals surface area contributed by atoms with Crippen LogP contribution in [-0.2, 0) is 22.4 Å². The number of carbonyl (C=O) groups is 1. The van der Waals surface area contributed by atoms with Crippen molar-refractivity contribution in [2.24, 2.45) is 0 Å². The summed E-state index contributed by atoms with van der Waals surface area (Å²) in [5, 5.41) is 3.17.